The van der Waals surface area contributed by atoms with Gasteiger partial charge in [0.25, 0.3) is 0 Å². The molecule has 0 unspecified atom stereocenters. The van der Waals surface area contributed by atoms with Crippen LogP contribution in [0.25, 0.3) is 0 Å². The number of thiazole rings is 1. The van der Waals surface area contributed by atoms with Crippen molar-refractivity contribution in [2.24, 2.45) is 0 Å². The first-order valence-electron chi connectivity index (χ1n) is 5.05. The smallest absolute Gasteiger partial charge is 0.408 e. The highest BCUT2D eigenvalue weighted by Crippen LogP contribution is 2.14. The maximum Gasteiger partial charge on any atom is 0.408 e. The molecule has 6 nitrogen and oxygen atoms in total. The second-order valence-electron chi connectivity index (χ2n) is 4.40. The summed E-state index contributed by atoms with van der Waals surface area (Å²) >= 11 is 1.24. The zero-order valence-corrected chi connectivity index (χ0v) is 10.7. The van der Waals surface area contributed by atoms with Crippen LogP contribution in [0.3, 0.4) is 0 Å². The van der Waals surface area contributed by atoms with Gasteiger partial charge in [0, 0.05) is 5.38 Å². The van der Waals surface area contributed by atoms with Crippen molar-refractivity contribution in [1.29, 1.82) is 0 Å². The predicted octanol–water partition coefficient (Wildman–Crippen LogP) is 1.15. The van der Waals surface area contributed by atoms with Gasteiger partial charge in [-0.3, -0.25) is 0 Å². The minimum absolute atomic E-state index is 0.177. The third-order valence-electron chi connectivity index (χ3n) is 1.62. The number of amides is 1. The highest BCUT2D eigenvalue weighted by Gasteiger charge is 2.16. The number of nitrogens with zero attached hydrogens (tertiary/aromatic N) is 1. The van der Waals surface area contributed by atoms with Crippen LogP contribution in [0.2, 0.25) is 0 Å². The second kappa shape index (κ2) is 5.44. The van der Waals surface area contributed by atoms with Gasteiger partial charge >= 0.3 is 6.09 Å². The summed E-state index contributed by atoms with van der Waals surface area (Å²) in [6, 6.07) is 0. The molecule has 0 radical (unpaired) electrons. The summed E-state index contributed by atoms with van der Waals surface area (Å²) in [5.74, 6) is 0. The van der Waals surface area contributed by atoms with E-state index in [0.29, 0.717) is 5.01 Å². The van der Waals surface area contributed by atoms with Crippen molar-refractivity contribution in [3.05, 3.63) is 16.1 Å². The van der Waals surface area contributed by atoms with Crippen molar-refractivity contribution < 1.29 is 19.7 Å². The average Bonchev–Trinajstić information content (AvgIpc) is 2.60. The first kappa shape index (κ1) is 13.9. The Morgan fingerprint density at radius 1 is 1.59 bits per heavy atom. The van der Waals surface area contributed by atoms with E-state index in [2.05, 4.69) is 10.3 Å². The fourth-order valence-corrected chi connectivity index (χ4v) is 1.73. The standard InChI is InChI=1S/C10H16N2O4S/c1-10(2,3)16-9(15)11-4-7-12-6(5-17-7)8(13)14/h5,8,13-14H,4H2,1-3H3,(H,11,15). The summed E-state index contributed by atoms with van der Waals surface area (Å²) in [5, 5.41) is 22.3. The predicted molar refractivity (Wildman–Crippen MR) is 62.4 cm³/mol. The molecule has 0 saturated heterocycles. The molecule has 0 saturated carbocycles. The van der Waals surface area contributed by atoms with Gasteiger partial charge in [0.1, 0.15) is 16.3 Å². The molecule has 1 aromatic heterocycles. The highest BCUT2D eigenvalue weighted by atomic mass is 32.1. The van der Waals surface area contributed by atoms with Crippen molar-refractivity contribution in [3.63, 3.8) is 0 Å². The van der Waals surface area contributed by atoms with Gasteiger partial charge in [-0.25, -0.2) is 9.78 Å². The van der Waals surface area contributed by atoms with E-state index in [9.17, 15) is 4.79 Å². The van der Waals surface area contributed by atoms with Gasteiger partial charge in [-0.2, -0.15) is 0 Å². The molecule has 0 aliphatic carbocycles. The molecule has 0 aliphatic heterocycles. The summed E-state index contributed by atoms with van der Waals surface area (Å²) in [6.45, 7) is 5.52. The number of carbonyl (C=O) groups is 1. The molecule has 0 atom stereocenters. The monoisotopic (exact) mass is 260 g/mol. The lowest BCUT2D eigenvalue weighted by Crippen LogP contribution is -2.32. The van der Waals surface area contributed by atoms with Crippen LogP contribution in [0.4, 0.5) is 4.79 Å². The Balaban J connectivity index is 2.42. The molecule has 96 valence electrons. The first-order valence-corrected chi connectivity index (χ1v) is 5.93. The van der Waals surface area contributed by atoms with Crippen molar-refractivity contribution in [2.75, 3.05) is 0 Å². The third-order valence-corrected chi connectivity index (χ3v) is 2.48. The molecule has 1 aromatic rings. The largest absolute Gasteiger partial charge is 0.444 e. The van der Waals surface area contributed by atoms with Gasteiger partial charge in [0.15, 0.2) is 6.29 Å². The fraction of sp³-hybridized carbons (Fsp3) is 0.600. The Bertz CT molecular complexity index is 384. The molecule has 0 aliphatic rings. The van der Waals surface area contributed by atoms with Crippen LogP contribution in [-0.4, -0.2) is 26.9 Å². The SMILES string of the molecule is CC(C)(C)OC(=O)NCc1nc(C(O)O)cs1. The van der Waals surface area contributed by atoms with E-state index in [1.807, 2.05) is 0 Å². The molecule has 0 aromatic carbocycles. The van der Waals surface area contributed by atoms with Crippen LogP contribution in [0.15, 0.2) is 5.38 Å². The third kappa shape index (κ3) is 5.12. The quantitative estimate of drug-likeness (QED) is 0.709. The van der Waals surface area contributed by atoms with Gasteiger partial charge in [-0.15, -0.1) is 11.3 Å². The molecule has 0 bridgehead atoms. The normalized spacial score (nSPS) is 11.6. The Labute approximate surface area is 103 Å². The summed E-state index contributed by atoms with van der Waals surface area (Å²) in [5.41, 5.74) is -0.365. The summed E-state index contributed by atoms with van der Waals surface area (Å²) in [4.78, 5) is 15.2. The molecule has 3 N–H and O–H groups in total. The zero-order valence-electron chi connectivity index (χ0n) is 9.93. The lowest BCUT2D eigenvalue weighted by Gasteiger charge is -2.19. The van der Waals surface area contributed by atoms with Crippen LogP contribution in [0.1, 0.15) is 37.8 Å². The van der Waals surface area contributed by atoms with E-state index in [4.69, 9.17) is 14.9 Å². The first-order chi connectivity index (χ1) is 7.78. The minimum Gasteiger partial charge on any atom is -0.444 e. The minimum atomic E-state index is -1.58. The molecule has 7 heteroatoms. The summed E-state index contributed by atoms with van der Waals surface area (Å²) in [6.07, 6.45) is -2.11. The van der Waals surface area contributed by atoms with E-state index in [0.717, 1.165) is 0 Å². The molecule has 0 spiro atoms. The van der Waals surface area contributed by atoms with Crippen molar-refractivity contribution in [3.8, 4) is 0 Å². The maximum absolute atomic E-state index is 11.3. The number of ether oxygens (including phenoxy) is 1. The van der Waals surface area contributed by atoms with Crippen molar-refractivity contribution in [1.82, 2.24) is 10.3 Å². The van der Waals surface area contributed by atoms with E-state index in [1.165, 1.54) is 16.7 Å². The number of nitrogens with one attached hydrogen (secondary N) is 1. The Morgan fingerprint density at radius 3 is 2.71 bits per heavy atom. The van der Waals surface area contributed by atoms with E-state index < -0.39 is 18.0 Å². The number of aliphatic hydroxyl groups is 2. The van der Waals surface area contributed by atoms with E-state index in [1.54, 1.807) is 20.8 Å². The molecule has 1 heterocycles. The number of rotatable bonds is 3. The number of alkyl carbamates (subject to hydrolysis) is 1. The van der Waals surface area contributed by atoms with Crippen LogP contribution in [0, 0.1) is 0 Å². The molecule has 1 amide bonds. The zero-order chi connectivity index (χ0) is 13.1. The average molecular weight is 260 g/mol. The molecular formula is C10H16N2O4S. The van der Waals surface area contributed by atoms with Gasteiger partial charge in [0.05, 0.1) is 6.54 Å². The van der Waals surface area contributed by atoms with Crippen molar-refractivity contribution in [2.45, 2.75) is 39.2 Å². The molecule has 1 rings (SSSR count). The van der Waals surface area contributed by atoms with Gasteiger partial charge in [0.2, 0.25) is 0 Å². The summed E-state index contributed by atoms with van der Waals surface area (Å²) in [7, 11) is 0. The van der Waals surface area contributed by atoms with E-state index >= 15 is 0 Å². The number of carbonyl (C=O) groups excluding carboxylic acids is 1. The summed E-state index contributed by atoms with van der Waals surface area (Å²) < 4.78 is 5.04. The number of hydrogen-bond donors (Lipinski definition) is 3. The van der Waals surface area contributed by atoms with Crippen LogP contribution in [0.5, 0.6) is 0 Å². The van der Waals surface area contributed by atoms with E-state index in [-0.39, 0.29) is 12.2 Å². The number of aromatic nitrogens is 1. The van der Waals surface area contributed by atoms with Crippen LogP contribution < -0.4 is 5.32 Å². The van der Waals surface area contributed by atoms with Gasteiger partial charge in [-0.05, 0) is 20.8 Å². The van der Waals surface area contributed by atoms with Crippen molar-refractivity contribution >= 4 is 17.4 Å². The number of aliphatic hydroxyl groups excluding tert-OH is 1. The number of hydrogen-bond acceptors (Lipinski definition) is 6. The second-order valence-corrected chi connectivity index (χ2v) is 5.34. The maximum atomic E-state index is 11.3. The molecule has 17 heavy (non-hydrogen) atoms. The molecule has 0 fully saturated rings. The fourth-order valence-electron chi connectivity index (χ4n) is 0.987. The Kier molecular flexibility index (Phi) is 4.44. The topological polar surface area (TPSA) is 91.7 Å². The van der Waals surface area contributed by atoms with Crippen LogP contribution in [-0.2, 0) is 11.3 Å². The van der Waals surface area contributed by atoms with Gasteiger partial charge in [-0.1, -0.05) is 0 Å². The van der Waals surface area contributed by atoms with Gasteiger partial charge < -0.3 is 20.3 Å². The molecular weight excluding hydrogens is 244 g/mol. The lowest BCUT2D eigenvalue weighted by molar-refractivity contribution is -0.0454. The lowest BCUT2D eigenvalue weighted by atomic mass is 10.2. The Hall–Kier alpha value is -1.18. The van der Waals surface area contributed by atoms with Crippen LogP contribution >= 0.6 is 11.3 Å². The highest BCUT2D eigenvalue weighted by molar-refractivity contribution is 7.09. The Morgan fingerprint density at radius 2 is 2.24 bits per heavy atom.